The fourth-order valence-electron chi connectivity index (χ4n) is 3.13. The molecule has 1 aromatic heterocycles. The van der Waals surface area contributed by atoms with Crippen LogP contribution < -0.4 is 5.56 Å². The van der Waals surface area contributed by atoms with E-state index in [-0.39, 0.29) is 11.7 Å². The number of thioether (sulfide) groups is 1. The topological polar surface area (TPSA) is 44.1 Å². The van der Waals surface area contributed by atoms with Gasteiger partial charge in [0.2, 0.25) is 0 Å². The maximum Gasteiger partial charge on any atom is 0.266 e. The van der Waals surface area contributed by atoms with Crippen molar-refractivity contribution in [2.75, 3.05) is 12.4 Å². The maximum atomic E-state index is 13.1. The molecule has 1 unspecified atom stereocenters. The predicted molar refractivity (Wildman–Crippen MR) is 107 cm³/mol. The Morgan fingerprint density at radius 2 is 1.96 bits per heavy atom. The van der Waals surface area contributed by atoms with E-state index in [0.717, 1.165) is 36.4 Å². The van der Waals surface area contributed by atoms with Crippen molar-refractivity contribution >= 4 is 34.3 Å². The Morgan fingerprint density at radius 3 is 2.73 bits per heavy atom. The SMILES string of the molecule is O=c1c2ccccc2nc(SCC2CCCCO2)n1-c1ccc(Cl)cc1. The van der Waals surface area contributed by atoms with E-state index in [1.54, 1.807) is 28.5 Å². The summed E-state index contributed by atoms with van der Waals surface area (Å²) in [5.74, 6) is 0.790. The molecule has 1 atom stereocenters. The Balaban J connectivity index is 1.77. The van der Waals surface area contributed by atoms with Crippen molar-refractivity contribution in [3.05, 3.63) is 63.9 Å². The number of rotatable bonds is 4. The normalized spacial score (nSPS) is 17.5. The van der Waals surface area contributed by atoms with Gasteiger partial charge in [-0.3, -0.25) is 9.36 Å². The molecule has 0 spiro atoms. The molecule has 1 aliphatic rings. The maximum absolute atomic E-state index is 13.1. The third-order valence-corrected chi connectivity index (χ3v) is 5.82. The number of ether oxygens (including phenoxy) is 1. The van der Waals surface area contributed by atoms with Crippen molar-refractivity contribution in [3.63, 3.8) is 0 Å². The predicted octanol–water partition coefficient (Wildman–Crippen LogP) is 4.70. The van der Waals surface area contributed by atoms with E-state index in [9.17, 15) is 4.79 Å². The number of fused-ring (bicyclic) bond motifs is 1. The number of nitrogens with zero attached hydrogens (tertiary/aromatic N) is 2. The second-order valence-electron chi connectivity index (χ2n) is 6.33. The van der Waals surface area contributed by atoms with Crippen LogP contribution in [0.3, 0.4) is 0 Å². The quantitative estimate of drug-likeness (QED) is 0.481. The summed E-state index contributed by atoms with van der Waals surface area (Å²) in [7, 11) is 0. The van der Waals surface area contributed by atoms with Crippen LogP contribution in [0.2, 0.25) is 5.02 Å². The monoisotopic (exact) mass is 386 g/mol. The van der Waals surface area contributed by atoms with Gasteiger partial charge >= 0.3 is 0 Å². The van der Waals surface area contributed by atoms with Crippen LogP contribution in [0.15, 0.2) is 58.5 Å². The molecular formula is C20H19ClN2O2S. The van der Waals surface area contributed by atoms with Gasteiger partial charge in [0.15, 0.2) is 5.16 Å². The van der Waals surface area contributed by atoms with Crippen LogP contribution in [0.25, 0.3) is 16.6 Å². The van der Waals surface area contributed by atoms with Crippen LogP contribution in [-0.2, 0) is 4.74 Å². The van der Waals surface area contributed by atoms with E-state index >= 15 is 0 Å². The second-order valence-corrected chi connectivity index (χ2v) is 7.75. The minimum atomic E-state index is -0.0648. The van der Waals surface area contributed by atoms with Crippen LogP contribution in [0.1, 0.15) is 19.3 Å². The van der Waals surface area contributed by atoms with Crippen LogP contribution in [0.4, 0.5) is 0 Å². The van der Waals surface area contributed by atoms with Crippen LogP contribution >= 0.6 is 23.4 Å². The van der Waals surface area contributed by atoms with E-state index in [1.165, 1.54) is 6.42 Å². The lowest BCUT2D eigenvalue weighted by atomic mass is 10.1. The first-order valence-electron chi connectivity index (χ1n) is 8.74. The molecule has 2 aromatic carbocycles. The number of para-hydroxylation sites is 1. The summed E-state index contributed by atoms with van der Waals surface area (Å²) in [6, 6.07) is 14.7. The molecule has 2 heterocycles. The highest BCUT2D eigenvalue weighted by Crippen LogP contribution is 2.25. The average molecular weight is 387 g/mol. The largest absolute Gasteiger partial charge is 0.377 e. The van der Waals surface area contributed by atoms with E-state index in [2.05, 4.69) is 0 Å². The molecule has 1 saturated heterocycles. The van der Waals surface area contributed by atoms with Gasteiger partial charge in [-0.15, -0.1) is 0 Å². The Labute approximate surface area is 161 Å². The summed E-state index contributed by atoms with van der Waals surface area (Å²) in [4.78, 5) is 17.9. The van der Waals surface area contributed by atoms with E-state index in [4.69, 9.17) is 21.3 Å². The third kappa shape index (κ3) is 3.65. The van der Waals surface area contributed by atoms with Crippen molar-refractivity contribution in [2.45, 2.75) is 30.5 Å². The number of hydrogen-bond acceptors (Lipinski definition) is 4. The van der Waals surface area contributed by atoms with Gasteiger partial charge in [0.05, 0.1) is 22.7 Å². The molecule has 1 fully saturated rings. The second kappa shape index (κ2) is 7.82. The van der Waals surface area contributed by atoms with Crippen molar-refractivity contribution in [3.8, 4) is 5.69 Å². The fourth-order valence-corrected chi connectivity index (χ4v) is 4.34. The van der Waals surface area contributed by atoms with Crippen LogP contribution in [0, 0.1) is 0 Å². The zero-order valence-corrected chi connectivity index (χ0v) is 15.8. The Morgan fingerprint density at radius 1 is 1.15 bits per heavy atom. The highest BCUT2D eigenvalue weighted by molar-refractivity contribution is 7.99. The zero-order valence-electron chi connectivity index (χ0n) is 14.2. The lowest BCUT2D eigenvalue weighted by Gasteiger charge is -2.22. The minimum absolute atomic E-state index is 0.0648. The van der Waals surface area contributed by atoms with Gasteiger partial charge in [-0.25, -0.2) is 4.98 Å². The fraction of sp³-hybridized carbons (Fsp3) is 0.300. The lowest BCUT2D eigenvalue weighted by molar-refractivity contribution is 0.0315. The van der Waals surface area contributed by atoms with Crippen molar-refractivity contribution in [2.24, 2.45) is 0 Å². The van der Waals surface area contributed by atoms with Crippen molar-refractivity contribution in [1.29, 1.82) is 0 Å². The molecule has 3 aromatic rings. The molecular weight excluding hydrogens is 368 g/mol. The summed E-state index contributed by atoms with van der Waals surface area (Å²) in [6.07, 6.45) is 3.60. The highest BCUT2D eigenvalue weighted by Gasteiger charge is 2.18. The van der Waals surface area contributed by atoms with Crippen LogP contribution in [0.5, 0.6) is 0 Å². The summed E-state index contributed by atoms with van der Waals surface area (Å²) >= 11 is 7.59. The molecule has 26 heavy (non-hydrogen) atoms. The molecule has 134 valence electrons. The summed E-state index contributed by atoms with van der Waals surface area (Å²) < 4.78 is 7.50. The van der Waals surface area contributed by atoms with Crippen molar-refractivity contribution < 1.29 is 4.74 Å². The van der Waals surface area contributed by atoms with Gasteiger partial charge in [-0.05, 0) is 55.7 Å². The molecule has 0 N–H and O–H groups in total. The molecule has 0 amide bonds. The van der Waals surface area contributed by atoms with Crippen molar-refractivity contribution in [1.82, 2.24) is 9.55 Å². The first kappa shape index (κ1) is 17.6. The van der Waals surface area contributed by atoms with Gasteiger partial charge < -0.3 is 4.74 Å². The summed E-state index contributed by atoms with van der Waals surface area (Å²) in [5.41, 5.74) is 1.42. The smallest absolute Gasteiger partial charge is 0.266 e. The minimum Gasteiger partial charge on any atom is -0.377 e. The van der Waals surface area contributed by atoms with E-state index in [0.29, 0.717) is 15.6 Å². The molecule has 4 rings (SSSR count). The first-order valence-corrected chi connectivity index (χ1v) is 10.1. The van der Waals surface area contributed by atoms with Crippen LogP contribution in [-0.4, -0.2) is 28.0 Å². The Kier molecular flexibility index (Phi) is 5.29. The standard InChI is InChI=1S/C20H19ClN2O2S/c21-14-8-10-15(11-9-14)23-19(24)17-6-1-2-7-18(17)22-20(23)26-13-16-5-3-4-12-25-16/h1-2,6-11,16H,3-5,12-13H2. The molecule has 6 heteroatoms. The first-order chi connectivity index (χ1) is 12.7. The molecule has 0 bridgehead atoms. The van der Waals surface area contributed by atoms with Gasteiger partial charge in [-0.1, -0.05) is 35.5 Å². The Hall–Kier alpha value is -1.82. The molecule has 0 saturated carbocycles. The molecule has 1 aliphatic heterocycles. The van der Waals surface area contributed by atoms with Gasteiger partial charge in [0.25, 0.3) is 5.56 Å². The molecule has 4 nitrogen and oxygen atoms in total. The van der Waals surface area contributed by atoms with E-state index in [1.807, 2.05) is 36.4 Å². The Bertz CT molecular complexity index is 966. The number of aromatic nitrogens is 2. The highest BCUT2D eigenvalue weighted by atomic mass is 35.5. The average Bonchev–Trinajstić information content (AvgIpc) is 2.68. The van der Waals surface area contributed by atoms with Gasteiger partial charge in [-0.2, -0.15) is 0 Å². The third-order valence-electron chi connectivity index (χ3n) is 4.50. The molecule has 0 radical (unpaired) electrons. The lowest BCUT2D eigenvalue weighted by Crippen LogP contribution is -2.24. The van der Waals surface area contributed by atoms with Gasteiger partial charge in [0, 0.05) is 17.4 Å². The summed E-state index contributed by atoms with van der Waals surface area (Å²) in [6.45, 7) is 0.820. The number of halogens is 1. The number of hydrogen-bond donors (Lipinski definition) is 0. The summed E-state index contributed by atoms with van der Waals surface area (Å²) in [5, 5.41) is 1.94. The number of benzene rings is 2. The molecule has 0 aliphatic carbocycles. The zero-order chi connectivity index (χ0) is 17.9. The van der Waals surface area contributed by atoms with Gasteiger partial charge in [0.1, 0.15) is 0 Å². The van der Waals surface area contributed by atoms with E-state index < -0.39 is 0 Å².